The molecule has 2 rings (SSSR count). The van der Waals surface area contributed by atoms with Gasteiger partial charge in [0.25, 0.3) is 0 Å². The maximum Gasteiger partial charge on any atom is 0.0701 e. The first kappa shape index (κ1) is 13.3. The average Bonchev–Trinajstić information content (AvgIpc) is 2.87. The van der Waals surface area contributed by atoms with E-state index in [0.717, 1.165) is 13.0 Å². The van der Waals surface area contributed by atoms with Crippen LogP contribution in [0.5, 0.6) is 0 Å². The molecule has 0 bridgehead atoms. The number of hydrogen-bond donors (Lipinski definition) is 1. The summed E-state index contributed by atoms with van der Waals surface area (Å²) in [6, 6.07) is 6.96. The number of hydrogen-bond acceptors (Lipinski definition) is 3. The van der Waals surface area contributed by atoms with Crippen LogP contribution in [0.4, 0.5) is 0 Å². The van der Waals surface area contributed by atoms with Gasteiger partial charge in [0.15, 0.2) is 0 Å². The molecule has 0 fully saturated rings. The summed E-state index contributed by atoms with van der Waals surface area (Å²) in [6.07, 6.45) is 1.10. The van der Waals surface area contributed by atoms with Gasteiger partial charge in [-0.15, -0.1) is 22.7 Å². The summed E-state index contributed by atoms with van der Waals surface area (Å²) in [7, 11) is 0. The molecule has 0 aliphatic rings. The minimum atomic E-state index is 0.457. The Bertz CT molecular complexity index is 475. The van der Waals surface area contributed by atoms with Crippen LogP contribution in [0.15, 0.2) is 27.4 Å². The summed E-state index contributed by atoms with van der Waals surface area (Å²) in [5, 5.41) is 5.75. The average molecular weight is 330 g/mol. The molecule has 0 aliphatic carbocycles. The molecule has 0 amide bonds. The normalized spacial score (nSPS) is 12.9. The zero-order chi connectivity index (χ0) is 12.3. The van der Waals surface area contributed by atoms with Crippen molar-refractivity contribution in [2.75, 3.05) is 6.54 Å². The molecule has 4 heteroatoms. The van der Waals surface area contributed by atoms with Crippen molar-refractivity contribution in [1.82, 2.24) is 5.32 Å². The Morgan fingerprint density at radius 1 is 1.35 bits per heavy atom. The molecule has 0 spiro atoms. The van der Waals surface area contributed by atoms with Gasteiger partial charge in [0.2, 0.25) is 0 Å². The van der Waals surface area contributed by atoms with Crippen LogP contribution in [0.2, 0.25) is 0 Å². The lowest BCUT2D eigenvalue weighted by Crippen LogP contribution is -2.20. The Morgan fingerprint density at radius 2 is 2.18 bits per heavy atom. The summed E-state index contributed by atoms with van der Waals surface area (Å²) < 4.78 is 1.22. The Labute approximate surface area is 119 Å². The number of rotatable bonds is 5. The highest BCUT2D eigenvalue weighted by Crippen LogP contribution is 2.24. The number of halogens is 1. The molecule has 2 heterocycles. The van der Waals surface area contributed by atoms with Gasteiger partial charge in [0.1, 0.15) is 0 Å². The quantitative estimate of drug-likeness (QED) is 0.832. The van der Waals surface area contributed by atoms with E-state index in [-0.39, 0.29) is 0 Å². The van der Waals surface area contributed by atoms with Crippen molar-refractivity contribution in [3.63, 3.8) is 0 Å². The lowest BCUT2D eigenvalue weighted by Gasteiger charge is -2.12. The molecular weight excluding hydrogens is 314 g/mol. The second kappa shape index (κ2) is 6.14. The monoisotopic (exact) mass is 329 g/mol. The van der Waals surface area contributed by atoms with Gasteiger partial charge in [0, 0.05) is 22.3 Å². The van der Waals surface area contributed by atoms with Crippen LogP contribution in [0.1, 0.15) is 28.3 Å². The summed E-state index contributed by atoms with van der Waals surface area (Å²) in [6.45, 7) is 5.45. The van der Waals surface area contributed by atoms with Gasteiger partial charge in [-0.3, -0.25) is 0 Å². The highest BCUT2D eigenvalue weighted by molar-refractivity contribution is 9.11. The molecular formula is C13H16BrNS2. The van der Waals surface area contributed by atoms with Crippen molar-refractivity contribution in [2.24, 2.45) is 0 Å². The van der Waals surface area contributed by atoms with E-state index in [2.05, 4.69) is 58.7 Å². The van der Waals surface area contributed by atoms with E-state index in [0.29, 0.717) is 6.04 Å². The zero-order valence-corrected chi connectivity index (χ0v) is 13.2. The van der Waals surface area contributed by atoms with E-state index in [1.165, 1.54) is 19.1 Å². The Morgan fingerprint density at radius 3 is 2.76 bits per heavy atom. The van der Waals surface area contributed by atoms with E-state index in [1.807, 2.05) is 22.7 Å². The molecule has 1 unspecified atom stereocenters. The third-order valence-electron chi connectivity index (χ3n) is 2.75. The van der Waals surface area contributed by atoms with Crippen LogP contribution in [0, 0.1) is 6.92 Å². The second-order valence-corrected chi connectivity index (χ2v) is 7.59. The molecule has 17 heavy (non-hydrogen) atoms. The number of nitrogens with one attached hydrogen (secondary N) is 1. The Hall–Kier alpha value is -0.160. The minimum Gasteiger partial charge on any atom is -0.309 e. The number of aryl methyl sites for hydroxylation is 1. The topological polar surface area (TPSA) is 12.0 Å². The molecule has 0 saturated heterocycles. The lowest BCUT2D eigenvalue weighted by molar-refractivity contribution is 0.584. The third kappa shape index (κ3) is 3.65. The Kier molecular flexibility index (Phi) is 4.79. The summed E-state index contributed by atoms with van der Waals surface area (Å²) in [4.78, 5) is 2.89. The predicted molar refractivity (Wildman–Crippen MR) is 81.2 cm³/mol. The highest BCUT2D eigenvalue weighted by atomic mass is 79.9. The smallest absolute Gasteiger partial charge is 0.0701 e. The highest BCUT2D eigenvalue weighted by Gasteiger charge is 2.08. The van der Waals surface area contributed by atoms with Gasteiger partial charge >= 0.3 is 0 Å². The van der Waals surface area contributed by atoms with Gasteiger partial charge in [-0.05, 0) is 65.3 Å². The second-order valence-electron chi connectivity index (χ2n) is 4.10. The van der Waals surface area contributed by atoms with Gasteiger partial charge in [-0.1, -0.05) is 0 Å². The lowest BCUT2D eigenvalue weighted by atomic mass is 10.2. The first-order valence-electron chi connectivity index (χ1n) is 5.68. The molecule has 2 aromatic heterocycles. The summed E-state index contributed by atoms with van der Waals surface area (Å²) in [5.74, 6) is 0. The van der Waals surface area contributed by atoms with Gasteiger partial charge < -0.3 is 5.32 Å². The maximum absolute atomic E-state index is 3.59. The van der Waals surface area contributed by atoms with E-state index in [9.17, 15) is 0 Å². The predicted octanol–water partition coefficient (Wildman–Crippen LogP) is 4.77. The molecule has 0 aliphatic heterocycles. The van der Waals surface area contributed by atoms with Crippen molar-refractivity contribution in [1.29, 1.82) is 0 Å². The summed E-state index contributed by atoms with van der Waals surface area (Å²) >= 11 is 7.15. The molecule has 2 aromatic rings. The molecule has 92 valence electrons. The van der Waals surface area contributed by atoms with Crippen molar-refractivity contribution >= 4 is 38.6 Å². The standard InChI is InChI=1S/C13H16BrNS2/c1-9-6-8-16-13(9)10(2)15-7-5-11-3-4-12(14)17-11/h3-4,6,8,10,15H,5,7H2,1-2H3. The largest absolute Gasteiger partial charge is 0.309 e. The molecule has 0 saturated carbocycles. The summed E-state index contributed by atoms with van der Waals surface area (Å²) in [5.41, 5.74) is 1.40. The van der Waals surface area contributed by atoms with E-state index in [1.54, 1.807) is 0 Å². The first-order chi connectivity index (χ1) is 8.16. The fourth-order valence-corrected chi connectivity index (χ4v) is 4.26. The molecule has 1 atom stereocenters. The third-order valence-corrected chi connectivity index (χ3v) is 5.63. The van der Waals surface area contributed by atoms with E-state index in [4.69, 9.17) is 0 Å². The van der Waals surface area contributed by atoms with Crippen LogP contribution in [-0.2, 0) is 6.42 Å². The van der Waals surface area contributed by atoms with Crippen molar-refractivity contribution < 1.29 is 0 Å². The van der Waals surface area contributed by atoms with Crippen LogP contribution < -0.4 is 5.32 Å². The van der Waals surface area contributed by atoms with Crippen molar-refractivity contribution in [3.8, 4) is 0 Å². The maximum atomic E-state index is 3.59. The van der Waals surface area contributed by atoms with Crippen LogP contribution in [0.25, 0.3) is 0 Å². The van der Waals surface area contributed by atoms with Crippen LogP contribution in [0.3, 0.4) is 0 Å². The molecule has 1 N–H and O–H groups in total. The van der Waals surface area contributed by atoms with E-state index < -0.39 is 0 Å². The SMILES string of the molecule is Cc1ccsc1C(C)NCCc1ccc(Br)s1. The Balaban J connectivity index is 1.81. The van der Waals surface area contributed by atoms with Gasteiger partial charge in [0.05, 0.1) is 3.79 Å². The fourth-order valence-electron chi connectivity index (χ4n) is 1.82. The van der Waals surface area contributed by atoms with E-state index >= 15 is 0 Å². The van der Waals surface area contributed by atoms with Crippen molar-refractivity contribution in [2.45, 2.75) is 26.3 Å². The van der Waals surface area contributed by atoms with Gasteiger partial charge in [-0.25, -0.2) is 0 Å². The zero-order valence-electron chi connectivity index (χ0n) is 10.00. The fraction of sp³-hybridized carbons (Fsp3) is 0.385. The first-order valence-corrected chi connectivity index (χ1v) is 8.17. The molecule has 0 aromatic carbocycles. The van der Waals surface area contributed by atoms with Crippen LogP contribution >= 0.6 is 38.6 Å². The minimum absolute atomic E-state index is 0.457. The molecule has 0 radical (unpaired) electrons. The van der Waals surface area contributed by atoms with Gasteiger partial charge in [-0.2, -0.15) is 0 Å². The van der Waals surface area contributed by atoms with Crippen LogP contribution in [-0.4, -0.2) is 6.54 Å². The van der Waals surface area contributed by atoms with Crippen molar-refractivity contribution in [3.05, 3.63) is 42.7 Å². The number of thiophene rings is 2. The molecule has 1 nitrogen and oxygen atoms in total.